The Hall–Kier alpha value is -0.256. The third kappa shape index (κ3) is 1.44. The molecule has 0 amide bonds. The van der Waals surface area contributed by atoms with E-state index < -0.39 is 5.97 Å². The standard InChI is InChI=1S/C6H3N2O2S.Y/c9-5(10)4-3-7-6-8(4)1-2-11-6;/h1-2H,(H,9,10);/q-1;. The van der Waals surface area contributed by atoms with Gasteiger partial charge in [-0.05, 0) is 11.6 Å². The first-order chi connectivity index (χ1) is 5.29. The second kappa shape index (κ2) is 3.64. The molecule has 0 atom stereocenters. The molecule has 0 spiro atoms. The Morgan fingerprint density at radius 2 is 2.50 bits per heavy atom. The van der Waals surface area contributed by atoms with E-state index in [-0.39, 0.29) is 38.4 Å². The molecule has 0 unspecified atom stereocenters. The van der Waals surface area contributed by atoms with Crippen LogP contribution in [0.25, 0.3) is 4.96 Å². The molecule has 0 fully saturated rings. The largest absolute Gasteiger partial charge is 0.533 e. The van der Waals surface area contributed by atoms with Gasteiger partial charge in [-0.3, -0.25) is 0 Å². The molecule has 0 aliphatic rings. The summed E-state index contributed by atoms with van der Waals surface area (Å²) in [6.07, 6.45) is 4.08. The van der Waals surface area contributed by atoms with Crippen molar-refractivity contribution in [3.63, 3.8) is 0 Å². The van der Waals surface area contributed by atoms with Crippen LogP contribution >= 0.6 is 11.3 Å². The summed E-state index contributed by atoms with van der Waals surface area (Å²) in [5, 5.41) is 10.4. The monoisotopic (exact) mass is 256 g/mol. The molecule has 0 bridgehead atoms. The summed E-state index contributed by atoms with van der Waals surface area (Å²) in [6, 6.07) is 0. The predicted molar refractivity (Wildman–Crippen MR) is 38.9 cm³/mol. The Morgan fingerprint density at radius 3 is 3.17 bits per heavy atom. The Balaban J connectivity index is 0.000000720. The van der Waals surface area contributed by atoms with E-state index in [1.54, 1.807) is 11.6 Å². The van der Waals surface area contributed by atoms with E-state index in [1.807, 2.05) is 0 Å². The van der Waals surface area contributed by atoms with Crippen LogP contribution in [0.1, 0.15) is 10.5 Å². The van der Waals surface area contributed by atoms with Gasteiger partial charge >= 0.3 is 0 Å². The zero-order chi connectivity index (χ0) is 7.84. The fourth-order valence-corrected chi connectivity index (χ4v) is 1.50. The number of carboxylic acids is 1. The molecule has 0 aliphatic heterocycles. The van der Waals surface area contributed by atoms with Crippen LogP contribution in [0.4, 0.5) is 0 Å². The maximum Gasteiger partial charge on any atom is 0.246 e. The molecule has 0 aromatic carbocycles. The third-order valence-corrected chi connectivity index (χ3v) is 2.05. The van der Waals surface area contributed by atoms with Gasteiger partial charge in [-0.25, -0.2) is 0 Å². The normalized spacial score (nSPS) is 9.67. The molecule has 2 aromatic heterocycles. The van der Waals surface area contributed by atoms with Gasteiger partial charge in [-0.2, -0.15) is 11.3 Å². The number of nitrogens with zero attached hydrogens (tertiary/aromatic N) is 2. The molecular weight excluding hydrogens is 253 g/mol. The van der Waals surface area contributed by atoms with Crippen LogP contribution in [0.2, 0.25) is 0 Å². The van der Waals surface area contributed by atoms with Crippen LogP contribution in [0.5, 0.6) is 0 Å². The van der Waals surface area contributed by atoms with Gasteiger partial charge in [-0.1, -0.05) is 0 Å². The molecule has 4 nitrogen and oxygen atoms in total. The maximum absolute atomic E-state index is 10.5. The van der Waals surface area contributed by atoms with E-state index in [0.29, 0.717) is 4.96 Å². The molecule has 12 heavy (non-hydrogen) atoms. The van der Waals surface area contributed by atoms with Gasteiger partial charge in [0.25, 0.3) is 0 Å². The smallest absolute Gasteiger partial charge is 0.246 e. The van der Waals surface area contributed by atoms with Crippen molar-refractivity contribution in [3.05, 3.63) is 23.5 Å². The number of carboxylic acid groups (broad SMARTS) is 1. The summed E-state index contributed by atoms with van der Waals surface area (Å²) >= 11 is 1.38. The van der Waals surface area contributed by atoms with E-state index in [0.717, 1.165) is 0 Å². The van der Waals surface area contributed by atoms with Crippen molar-refractivity contribution in [1.29, 1.82) is 0 Å². The number of rotatable bonds is 1. The maximum atomic E-state index is 10.5. The molecule has 0 saturated heterocycles. The van der Waals surface area contributed by atoms with Crippen LogP contribution in [-0.2, 0) is 32.7 Å². The minimum atomic E-state index is -1.00. The first kappa shape index (κ1) is 9.83. The van der Waals surface area contributed by atoms with Crippen LogP contribution in [0.15, 0.2) is 11.6 Å². The van der Waals surface area contributed by atoms with Crippen molar-refractivity contribution in [2.45, 2.75) is 0 Å². The molecule has 2 rings (SSSR count). The van der Waals surface area contributed by atoms with E-state index in [4.69, 9.17) is 5.11 Å². The Labute approximate surface area is 97.1 Å². The van der Waals surface area contributed by atoms with E-state index >= 15 is 0 Å². The predicted octanol–water partition coefficient (Wildman–Crippen LogP) is 0.892. The average molecular weight is 256 g/mol. The molecule has 2 aromatic rings. The topological polar surface area (TPSA) is 54.6 Å². The molecular formula is C6H3N2O2SY-. The van der Waals surface area contributed by atoms with Crippen LogP contribution in [0.3, 0.4) is 0 Å². The summed E-state index contributed by atoms with van der Waals surface area (Å²) in [5.74, 6) is -1.00. The number of hydrogen-bond donors (Lipinski definition) is 1. The molecule has 0 aliphatic carbocycles. The number of aromatic nitrogens is 2. The number of thiazole rings is 1. The van der Waals surface area contributed by atoms with Crippen molar-refractivity contribution in [3.8, 4) is 0 Å². The summed E-state index contributed by atoms with van der Waals surface area (Å²) in [4.78, 5) is 14.9. The van der Waals surface area contributed by atoms with Gasteiger partial charge < -0.3 is 19.3 Å². The molecule has 2 heterocycles. The minimum absolute atomic E-state index is 0. The fraction of sp³-hybridized carbons (Fsp3) is 0. The van der Waals surface area contributed by atoms with Crippen LogP contribution in [-0.4, -0.2) is 20.5 Å². The SMILES string of the molecule is O=C(O)c1[c-]nc2sccn12.[Y]. The van der Waals surface area contributed by atoms with Crippen LogP contribution in [0, 0.1) is 6.20 Å². The van der Waals surface area contributed by atoms with Crippen molar-refractivity contribution in [2.24, 2.45) is 0 Å². The van der Waals surface area contributed by atoms with Gasteiger partial charge in [0.05, 0.1) is 4.96 Å². The molecule has 0 saturated carbocycles. The van der Waals surface area contributed by atoms with Crippen molar-refractivity contribution in [1.82, 2.24) is 9.38 Å². The first-order valence-electron chi connectivity index (χ1n) is 2.85. The molecule has 6 heteroatoms. The van der Waals surface area contributed by atoms with E-state index in [1.165, 1.54) is 15.7 Å². The number of imidazole rings is 1. The summed E-state index contributed by atoms with van der Waals surface area (Å²) in [5.41, 5.74) is 0.0845. The van der Waals surface area contributed by atoms with Gasteiger partial charge in [0.1, 0.15) is 0 Å². The van der Waals surface area contributed by atoms with E-state index in [2.05, 4.69) is 11.2 Å². The average Bonchev–Trinajstić information content (AvgIpc) is 2.41. The number of hydrogen-bond acceptors (Lipinski definition) is 3. The van der Waals surface area contributed by atoms with Crippen molar-refractivity contribution < 1.29 is 42.6 Å². The van der Waals surface area contributed by atoms with E-state index in [9.17, 15) is 4.79 Å². The Morgan fingerprint density at radius 1 is 1.75 bits per heavy atom. The zero-order valence-electron chi connectivity index (χ0n) is 5.89. The zero-order valence-corrected chi connectivity index (χ0v) is 9.54. The van der Waals surface area contributed by atoms with Crippen molar-refractivity contribution in [2.75, 3.05) is 0 Å². The quantitative estimate of drug-likeness (QED) is 0.771. The van der Waals surface area contributed by atoms with Gasteiger partial charge in [-0.15, -0.1) is 0 Å². The molecule has 1 N–H and O–H groups in total. The third-order valence-electron chi connectivity index (χ3n) is 1.29. The number of aromatic carboxylic acids is 1. The fourth-order valence-electron chi connectivity index (χ4n) is 0.829. The minimum Gasteiger partial charge on any atom is -0.533 e. The van der Waals surface area contributed by atoms with Crippen LogP contribution < -0.4 is 0 Å². The molecule has 1 radical (unpaired) electrons. The number of fused-ring (bicyclic) bond motifs is 1. The Kier molecular flexibility index (Phi) is 2.98. The number of carbonyl (C=O) groups is 1. The van der Waals surface area contributed by atoms with Gasteiger partial charge in [0.15, 0.2) is 0 Å². The van der Waals surface area contributed by atoms with Gasteiger partial charge in [0.2, 0.25) is 5.97 Å². The second-order valence-corrected chi connectivity index (χ2v) is 2.81. The summed E-state index contributed by atoms with van der Waals surface area (Å²) < 4.78 is 1.49. The van der Waals surface area contributed by atoms with Crippen molar-refractivity contribution >= 4 is 22.3 Å². The summed E-state index contributed by atoms with van der Waals surface area (Å²) in [6.45, 7) is 0. The Bertz CT molecular complexity index is 408. The summed E-state index contributed by atoms with van der Waals surface area (Å²) in [7, 11) is 0. The molecule has 59 valence electrons. The van der Waals surface area contributed by atoms with Gasteiger partial charge in [0, 0.05) is 44.6 Å². The first-order valence-corrected chi connectivity index (χ1v) is 3.73. The second-order valence-electron chi connectivity index (χ2n) is 1.93.